The molecule has 160 valence electrons. The predicted octanol–water partition coefficient (Wildman–Crippen LogP) is 4.97. The van der Waals surface area contributed by atoms with Crippen molar-refractivity contribution in [2.45, 2.75) is 31.6 Å². The number of benzene rings is 1. The number of amidine groups is 1. The number of amides is 1. The van der Waals surface area contributed by atoms with Gasteiger partial charge in [-0.1, -0.05) is 28.5 Å². The lowest BCUT2D eigenvalue weighted by atomic mass is 9.97. The molecule has 7 nitrogen and oxygen atoms in total. The lowest BCUT2D eigenvalue weighted by Crippen LogP contribution is -2.20. The van der Waals surface area contributed by atoms with Crippen LogP contribution >= 0.6 is 23.4 Å². The van der Waals surface area contributed by atoms with E-state index in [2.05, 4.69) is 20.4 Å². The number of nitrogens with one attached hydrogen (secondary N) is 1. The number of carbonyl (C=O) groups is 1. The lowest BCUT2D eigenvalue weighted by molar-refractivity contribution is 0.102. The summed E-state index contributed by atoms with van der Waals surface area (Å²) in [6, 6.07) is 6.95. The van der Waals surface area contributed by atoms with Crippen molar-refractivity contribution in [1.29, 1.82) is 0 Å². The van der Waals surface area contributed by atoms with E-state index >= 15 is 0 Å². The Labute approximate surface area is 187 Å². The van der Waals surface area contributed by atoms with Crippen LogP contribution in [0.2, 0.25) is 5.02 Å². The van der Waals surface area contributed by atoms with Gasteiger partial charge >= 0.3 is 0 Å². The molecule has 0 saturated heterocycles. The quantitative estimate of drug-likeness (QED) is 0.570. The van der Waals surface area contributed by atoms with Gasteiger partial charge in [0.25, 0.3) is 5.91 Å². The van der Waals surface area contributed by atoms with E-state index in [9.17, 15) is 9.18 Å². The van der Waals surface area contributed by atoms with Gasteiger partial charge in [0.1, 0.15) is 17.3 Å². The second-order valence-electron chi connectivity index (χ2n) is 7.12. The molecule has 4 rings (SSSR count). The minimum atomic E-state index is -0.509. The molecule has 10 heteroatoms. The minimum absolute atomic E-state index is 0.0651. The van der Waals surface area contributed by atoms with Gasteiger partial charge in [0.05, 0.1) is 16.8 Å². The zero-order chi connectivity index (χ0) is 22.1. The van der Waals surface area contributed by atoms with Crippen LogP contribution in [0.3, 0.4) is 0 Å². The van der Waals surface area contributed by atoms with E-state index in [1.165, 1.54) is 36.2 Å². The Hall–Kier alpha value is -2.91. The molecule has 1 aliphatic rings. The highest BCUT2D eigenvalue weighted by atomic mass is 35.5. The number of thioether (sulfide) groups is 1. The topological polar surface area (TPSA) is 106 Å². The summed E-state index contributed by atoms with van der Waals surface area (Å²) in [4.78, 5) is 20.9. The number of nitrogens with two attached hydrogens (primary N) is 1. The number of aromatic nitrogens is 2. The van der Waals surface area contributed by atoms with Crippen molar-refractivity contribution in [2.24, 2.45) is 10.7 Å². The number of halogens is 2. The molecule has 1 amide bonds. The molecule has 3 heterocycles. The summed E-state index contributed by atoms with van der Waals surface area (Å²) in [5.74, 6) is -0.140. The van der Waals surface area contributed by atoms with E-state index in [1.807, 2.05) is 13.8 Å². The highest BCUT2D eigenvalue weighted by Gasteiger charge is 2.31. The number of hydrogen-bond acceptors (Lipinski definition) is 7. The molecule has 3 aromatic rings. The summed E-state index contributed by atoms with van der Waals surface area (Å²) < 4.78 is 20.0. The third kappa shape index (κ3) is 4.57. The number of hydrogen-bond donors (Lipinski definition) is 2. The summed E-state index contributed by atoms with van der Waals surface area (Å²) in [6.07, 6.45) is 1.90. The van der Waals surface area contributed by atoms with E-state index in [-0.39, 0.29) is 10.9 Å². The Balaban J connectivity index is 1.59. The molecule has 0 spiro atoms. The Bertz CT molecular complexity index is 1150. The van der Waals surface area contributed by atoms with Crippen molar-refractivity contribution in [3.8, 4) is 0 Å². The van der Waals surface area contributed by atoms with Gasteiger partial charge in [-0.25, -0.2) is 9.37 Å². The first kappa shape index (κ1) is 21.3. The third-order valence-electron chi connectivity index (χ3n) is 4.97. The molecule has 2 atom stereocenters. The SMILES string of the molecule is Cc1noc(C)c1[C@@H]1C[C@@H](c2cc(NC(=O)c3ccc(Cl)cn3)ccc2F)N=C(N)S1. The van der Waals surface area contributed by atoms with Crippen LogP contribution in [-0.4, -0.2) is 21.2 Å². The Morgan fingerprint density at radius 1 is 1.32 bits per heavy atom. The average molecular weight is 460 g/mol. The van der Waals surface area contributed by atoms with Crippen molar-refractivity contribution >= 4 is 40.1 Å². The number of aliphatic imine (C=N–C) groups is 1. The fourth-order valence-corrected chi connectivity index (χ4v) is 4.86. The molecule has 31 heavy (non-hydrogen) atoms. The van der Waals surface area contributed by atoms with Gasteiger partial charge in [0, 0.05) is 28.3 Å². The normalized spacial score (nSPS) is 18.5. The fraction of sp³-hybridized carbons (Fsp3) is 0.238. The average Bonchev–Trinajstić information content (AvgIpc) is 3.07. The Kier molecular flexibility index (Phi) is 5.97. The molecule has 1 aromatic carbocycles. The van der Waals surface area contributed by atoms with E-state index in [0.717, 1.165) is 11.3 Å². The van der Waals surface area contributed by atoms with Gasteiger partial charge in [-0.3, -0.25) is 9.79 Å². The minimum Gasteiger partial charge on any atom is -0.379 e. The first-order valence-electron chi connectivity index (χ1n) is 9.47. The third-order valence-corrected chi connectivity index (χ3v) is 6.25. The van der Waals surface area contributed by atoms with Crippen molar-refractivity contribution in [1.82, 2.24) is 10.1 Å². The molecule has 1 aliphatic heterocycles. The fourth-order valence-electron chi connectivity index (χ4n) is 3.54. The van der Waals surface area contributed by atoms with E-state index in [0.29, 0.717) is 33.6 Å². The molecule has 0 aliphatic carbocycles. The first-order chi connectivity index (χ1) is 14.8. The second-order valence-corrected chi connectivity index (χ2v) is 8.77. The second kappa shape index (κ2) is 8.68. The number of pyridine rings is 1. The van der Waals surface area contributed by atoms with Crippen molar-refractivity contribution in [3.63, 3.8) is 0 Å². The number of anilines is 1. The number of nitrogens with zero attached hydrogens (tertiary/aromatic N) is 3. The van der Waals surface area contributed by atoms with Crippen LogP contribution in [0.5, 0.6) is 0 Å². The zero-order valence-electron chi connectivity index (χ0n) is 16.7. The largest absolute Gasteiger partial charge is 0.379 e. The summed E-state index contributed by atoms with van der Waals surface area (Å²) in [5, 5.41) is 7.47. The van der Waals surface area contributed by atoms with Gasteiger partial charge in [0.15, 0.2) is 5.17 Å². The number of carbonyl (C=O) groups excluding carboxylic acids is 1. The van der Waals surface area contributed by atoms with Crippen molar-refractivity contribution in [3.05, 3.63) is 75.6 Å². The summed E-state index contributed by atoms with van der Waals surface area (Å²) in [7, 11) is 0. The molecule has 0 fully saturated rings. The number of rotatable bonds is 4. The summed E-state index contributed by atoms with van der Waals surface area (Å²) >= 11 is 7.22. The van der Waals surface area contributed by atoms with Crippen LogP contribution in [-0.2, 0) is 0 Å². The lowest BCUT2D eigenvalue weighted by Gasteiger charge is -2.26. The maximum absolute atomic E-state index is 14.7. The van der Waals surface area contributed by atoms with Gasteiger partial charge in [-0.2, -0.15) is 0 Å². The van der Waals surface area contributed by atoms with Crippen molar-refractivity contribution in [2.75, 3.05) is 5.32 Å². The maximum atomic E-state index is 14.7. The van der Waals surface area contributed by atoms with E-state index < -0.39 is 17.8 Å². The Morgan fingerprint density at radius 2 is 2.13 bits per heavy atom. The predicted molar refractivity (Wildman–Crippen MR) is 119 cm³/mol. The first-order valence-corrected chi connectivity index (χ1v) is 10.7. The molecular formula is C21H19ClFN5O2S. The Morgan fingerprint density at radius 3 is 2.81 bits per heavy atom. The van der Waals surface area contributed by atoms with Crippen LogP contribution in [0.4, 0.5) is 10.1 Å². The molecule has 0 saturated carbocycles. The van der Waals surface area contributed by atoms with Gasteiger partial charge < -0.3 is 15.6 Å². The van der Waals surface area contributed by atoms with Crippen LogP contribution < -0.4 is 11.1 Å². The van der Waals surface area contributed by atoms with Crippen molar-refractivity contribution < 1.29 is 13.7 Å². The molecule has 0 bridgehead atoms. The van der Waals surface area contributed by atoms with Crippen LogP contribution in [0.25, 0.3) is 0 Å². The molecular weight excluding hydrogens is 441 g/mol. The highest BCUT2D eigenvalue weighted by molar-refractivity contribution is 8.14. The van der Waals surface area contributed by atoms with Gasteiger partial charge in [-0.05, 0) is 50.6 Å². The standard InChI is InChI=1S/C21H19ClFN5O2S/c1-10-19(11(2)30-28-10)18-8-17(27-21(24)31-18)14-7-13(4-5-15(14)23)26-20(29)16-6-3-12(22)9-25-16/h3-7,9,17-18H,8H2,1-2H3,(H2,24,27)(H,26,29)/t17-,18-/m0/s1. The van der Waals surface area contributed by atoms with Gasteiger partial charge in [0.2, 0.25) is 0 Å². The monoisotopic (exact) mass is 459 g/mol. The van der Waals surface area contributed by atoms with Crippen LogP contribution in [0, 0.1) is 19.7 Å². The summed E-state index contributed by atoms with van der Waals surface area (Å²) in [6.45, 7) is 3.71. The summed E-state index contributed by atoms with van der Waals surface area (Å²) in [5.41, 5.74) is 8.77. The van der Waals surface area contributed by atoms with E-state index in [1.54, 1.807) is 12.1 Å². The van der Waals surface area contributed by atoms with Crippen LogP contribution in [0.15, 0.2) is 46.0 Å². The highest BCUT2D eigenvalue weighted by Crippen LogP contribution is 2.45. The molecule has 0 radical (unpaired) electrons. The zero-order valence-corrected chi connectivity index (χ0v) is 18.3. The van der Waals surface area contributed by atoms with E-state index in [4.69, 9.17) is 21.9 Å². The van der Waals surface area contributed by atoms with Gasteiger partial charge in [-0.15, -0.1) is 0 Å². The molecule has 2 aromatic heterocycles. The number of aryl methyl sites for hydroxylation is 2. The smallest absolute Gasteiger partial charge is 0.274 e. The molecule has 0 unspecified atom stereocenters. The maximum Gasteiger partial charge on any atom is 0.274 e. The van der Waals surface area contributed by atoms with Crippen LogP contribution in [0.1, 0.15) is 50.8 Å². The molecule has 3 N–H and O–H groups in total.